The van der Waals surface area contributed by atoms with Gasteiger partial charge in [0.25, 0.3) is 0 Å². The lowest BCUT2D eigenvalue weighted by molar-refractivity contribution is -0.131. The molecule has 1 N–H and O–H groups in total. The smallest absolute Gasteiger partial charge is 0.328 e. The molecule has 0 unspecified atom stereocenters. The van der Waals surface area contributed by atoms with Gasteiger partial charge < -0.3 is 5.11 Å². The van der Waals surface area contributed by atoms with E-state index in [1.807, 2.05) is 0 Å². The van der Waals surface area contributed by atoms with Crippen LogP contribution in [0.5, 0.6) is 0 Å². The van der Waals surface area contributed by atoms with Gasteiger partial charge in [0.1, 0.15) is 5.82 Å². The molecule has 0 saturated carbocycles. The van der Waals surface area contributed by atoms with E-state index in [0.29, 0.717) is 5.69 Å². The molecule has 15 heavy (non-hydrogen) atoms. The zero-order valence-corrected chi connectivity index (χ0v) is 8.68. The number of carboxylic acids is 1. The molecule has 4 nitrogen and oxygen atoms in total. The van der Waals surface area contributed by atoms with Crippen LogP contribution in [0, 0.1) is 0 Å². The maximum absolute atomic E-state index is 10.3. The minimum atomic E-state index is -0.969. The largest absolute Gasteiger partial charge is 0.478 e. The summed E-state index contributed by atoms with van der Waals surface area (Å²) in [4.78, 5) is 18.6. The van der Waals surface area contributed by atoms with E-state index in [1.165, 1.54) is 6.08 Å². The van der Waals surface area contributed by atoms with Crippen LogP contribution in [0.3, 0.4) is 0 Å². The Balaban J connectivity index is 2.69. The molecule has 0 bridgehead atoms. The fourth-order valence-electron chi connectivity index (χ4n) is 1.12. The fourth-order valence-corrected chi connectivity index (χ4v) is 1.12. The van der Waals surface area contributed by atoms with Crippen molar-refractivity contribution < 1.29 is 9.90 Å². The van der Waals surface area contributed by atoms with Crippen molar-refractivity contribution in [1.29, 1.82) is 0 Å². The van der Waals surface area contributed by atoms with Gasteiger partial charge in [0, 0.05) is 18.7 Å². The van der Waals surface area contributed by atoms with E-state index in [0.717, 1.165) is 31.2 Å². The topological polar surface area (TPSA) is 63.1 Å². The highest BCUT2D eigenvalue weighted by atomic mass is 16.4. The summed E-state index contributed by atoms with van der Waals surface area (Å²) in [6.45, 7) is 2.11. The SMILES string of the molecule is CCCCc1nccc(/C=C/C(=O)O)n1. The maximum atomic E-state index is 10.3. The highest BCUT2D eigenvalue weighted by Gasteiger charge is 1.97. The van der Waals surface area contributed by atoms with E-state index in [1.54, 1.807) is 12.3 Å². The number of rotatable bonds is 5. The highest BCUT2D eigenvalue weighted by molar-refractivity contribution is 5.84. The van der Waals surface area contributed by atoms with Gasteiger partial charge in [0.05, 0.1) is 5.69 Å². The number of hydrogen-bond donors (Lipinski definition) is 1. The van der Waals surface area contributed by atoms with Crippen LogP contribution in [0.1, 0.15) is 31.3 Å². The second-order valence-electron chi connectivity index (χ2n) is 3.17. The third-order valence-electron chi connectivity index (χ3n) is 1.88. The Bertz CT molecular complexity index is 361. The van der Waals surface area contributed by atoms with Crippen molar-refractivity contribution >= 4 is 12.0 Å². The molecule has 0 aliphatic carbocycles. The molecule has 1 rings (SSSR count). The monoisotopic (exact) mass is 206 g/mol. The van der Waals surface area contributed by atoms with Crippen molar-refractivity contribution in [3.8, 4) is 0 Å². The average molecular weight is 206 g/mol. The van der Waals surface area contributed by atoms with Gasteiger partial charge in [-0.05, 0) is 18.6 Å². The van der Waals surface area contributed by atoms with Crippen molar-refractivity contribution in [3.05, 3.63) is 29.9 Å². The first-order valence-electron chi connectivity index (χ1n) is 4.95. The molecule has 0 fully saturated rings. The van der Waals surface area contributed by atoms with Crippen LogP contribution in [0.25, 0.3) is 6.08 Å². The van der Waals surface area contributed by atoms with Crippen molar-refractivity contribution in [2.24, 2.45) is 0 Å². The van der Waals surface area contributed by atoms with E-state index in [2.05, 4.69) is 16.9 Å². The number of hydrogen-bond acceptors (Lipinski definition) is 3. The van der Waals surface area contributed by atoms with Crippen molar-refractivity contribution in [2.45, 2.75) is 26.2 Å². The van der Waals surface area contributed by atoms with E-state index >= 15 is 0 Å². The number of unbranched alkanes of at least 4 members (excludes halogenated alkanes) is 1. The molecule has 80 valence electrons. The van der Waals surface area contributed by atoms with Crippen LogP contribution in [0.2, 0.25) is 0 Å². The molecule has 1 aromatic rings. The fraction of sp³-hybridized carbons (Fsp3) is 0.364. The van der Waals surface area contributed by atoms with Gasteiger partial charge in [-0.25, -0.2) is 14.8 Å². The van der Waals surface area contributed by atoms with Crippen LogP contribution in [-0.4, -0.2) is 21.0 Å². The Kier molecular flexibility index (Phi) is 4.47. The van der Waals surface area contributed by atoms with Gasteiger partial charge in [-0.3, -0.25) is 0 Å². The summed E-state index contributed by atoms with van der Waals surface area (Å²) < 4.78 is 0. The first kappa shape index (κ1) is 11.4. The predicted octanol–water partition coefficient (Wildman–Crippen LogP) is 1.92. The van der Waals surface area contributed by atoms with Crippen LogP contribution < -0.4 is 0 Å². The lowest BCUT2D eigenvalue weighted by Crippen LogP contribution is -1.96. The molecule has 1 aromatic heterocycles. The van der Waals surface area contributed by atoms with Crippen LogP contribution in [-0.2, 0) is 11.2 Å². The summed E-state index contributed by atoms with van der Waals surface area (Å²) in [5.74, 6) is -0.201. The molecule has 0 aliphatic rings. The third-order valence-corrected chi connectivity index (χ3v) is 1.88. The minimum absolute atomic E-state index is 0.638. The van der Waals surface area contributed by atoms with Gasteiger partial charge in [0.2, 0.25) is 0 Å². The van der Waals surface area contributed by atoms with Gasteiger partial charge >= 0.3 is 5.97 Å². The molecular weight excluding hydrogens is 192 g/mol. The van der Waals surface area contributed by atoms with E-state index < -0.39 is 5.97 Å². The Labute approximate surface area is 88.7 Å². The molecule has 0 radical (unpaired) electrons. The quantitative estimate of drug-likeness (QED) is 0.747. The zero-order chi connectivity index (χ0) is 11.1. The molecule has 0 amide bonds. The molecule has 0 atom stereocenters. The molecular formula is C11H14N2O2. The number of nitrogens with zero attached hydrogens (tertiary/aromatic N) is 2. The predicted molar refractivity (Wildman–Crippen MR) is 57.3 cm³/mol. The standard InChI is InChI=1S/C11H14N2O2/c1-2-3-4-10-12-8-7-9(13-10)5-6-11(14)15/h5-8H,2-4H2,1H3,(H,14,15)/b6-5+. The summed E-state index contributed by atoms with van der Waals surface area (Å²) in [5, 5.41) is 8.46. The van der Waals surface area contributed by atoms with E-state index in [-0.39, 0.29) is 0 Å². The Morgan fingerprint density at radius 3 is 3.07 bits per heavy atom. The second kappa shape index (κ2) is 5.90. The summed E-state index contributed by atoms with van der Waals surface area (Å²) >= 11 is 0. The number of aryl methyl sites for hydroxylation is 1. The van der Waals surface area contributed by atoms with Crippen molar-refractivity contribution in [2.75, 3.05) is 0 Å². The maximum Gasteiger partial charge on any atom is 0.328 e. The molecule has 0 aromatic carbocycles. The first-order chi connectivity index (χ1) is 7.22. The van der Waals surface area contributed by atoms with E-state index in [9.17, 15) is 4.79 Å². The average Bonchev–Trinajstić information content (AvgIpc) is 2.24. The Morgan fingerprint density at radius 1 is 1.60 bits per heavy atom. The molecule has 4 heteroatoms. The van der Waals surface area contributed by atoms with Gasteiger partial charge in [0.15, 0.2) is 0 Å². The number of aliphatic carboxylic acids is 1. The Morgan fingerprint density at radius 2 is 2.40 bits per heavy atom. The number of carboxylic acid groups (broad SMARTS) is 1. The minimum Gasteiger partial charge on any atom is -0.478 e. The van der Waals surface area contributed by atoms with Crippen LogP contribution in [0.4, 0.5) is 0 Å². The lowest BCUT2D eigenvalue weighted by Gasteiger charge is -1.98. The molecule has 0 saturated heterocycles. The normalized spacial score (nSPS) is 10.7. The Hall–Kier alpha value is -1.71. The summed E-state index contributed by atoms with van der Waals surface area (Å²) in [6, 6.07) is 1.69. The van der Waals surface area contributed by atoms with Crippen LogP contribution >= 0.6 is 0 Å². The molecule has 0 aliphatic heterocycles. The number of carbonyl (C=O) groups is 1. The van der Waals surface area contributed by atoms with Gasteiger partial charge in [-0.1, -0.05) is 13.3 Å². The summed E-state index contributed by atoms with van der Waals surface area (Å²) in [7, 11) is 0. The molecule has 1 heterocycles. The van der Waals surface area contributed by atoms with Gasteiger partial charge in [-0.2, -0.15) is 0 Å². The second-order valence-corrected chi connectivity index (χ2v) is 3.17. The summed E-state index contributed by atoms with van der Waals surface area (Å²) in [5.41, 5.74) is 0.638. The highest BCUT2D eigenvalue weighted by Crippen LogP contribution is 2.02. The van der Waals surface area contributed by atoms with E-state index in [4.69, 9.17) is 5.11 Å². The van der Waals surface area contributed by atoms with Gasteiger partial charge in [-0.15, -0.1) is 0 Å². The van der Waals surface area contributed by atoms with Crippen molar-refractivity contribution in [1.82, 2.24) is 9.97 Å². The number of aromatic nitrogens is 2. The summed E-state index contributed by atoms with van der Waals surface area (Å²) in [6.07, 6.45) is 7.18. The lowest BCUT2D eigenvalue weighted by atomic mass is 10.2. The zero-order valence-electron chi connectivity index (χ0n) is 8.68. The van der Waals surface area contributed by atoms with Crippen LogP contribution in [0.15, 0.2) is 18.3 Å². The first-order valence-corrected chi connectivity index (χ1v) is 4.95. The molecule has 0 spiro atoms. The third kappa shape index (κ3) is 4.35. The van der Waals surface area contributed by atoms with Crippen molar-refractivity contribution in [3.63, 3.8) is 0 Å².